The van der Waals surface area contributed by atoms with Gasteiger partial charge in [-0.2, -0.15) is 0 Å². The molecule has 6 nitrogen and oxygen atoms in total. The lowest BCUT2D eigenvalue weighted by Crippen LogP contribution is -2.44. The van der Waals surface area contributed by atoms with Crippen LogP contribution >= 0.6 is 0 Å². The highest BCUT2D eigenvalue weighted by Gasteiger charge is 2.32. The number of carbonyl (C=O) groups is 2. The third kappa shape index (κ3) is 5.57. The van der Waals surface area contributed by atoms with Crippen LogP contribution in [0, 0.1) is 5.41 Å². The summed E-state index contributed by atoms with van der Waals surface area (Å²) < 4.78 is 5.08. The third-order valence-electron chi connectivity index (χ3n) is 3.02. The van der Waals surface area contributed by atoms with E-state index in [0.717, 1.165) is 0 Å². The second-order valence-corrected chi connectivity index (χ2v) is 6.06. The summed E-state index contributed by atoms with van der Waals surface area (Å²) in [6.07, 6.45) is 0.743. The second-order valence-electron chi connectivity index (χ2n) is 6.06. The van der Waals surface area contributed by atoms with Crippen LogP contribution in [0.15, 0.2) is 0 Å². The number of ether oxygens (including phenoxy) is 1. The lowest BCUT2D eigenvalue weighted by Gasteiger charge is -2.21. The fourth-order valence-electron chi connectivity index (χ4n) is 1.64. The van der Waals surface area contributed by atoms with Crippen molar-refractivity contribution < 1.29 is 19.4 Å². The number of hydrogen-bond donors (Lipinski definition) is 3. The molecule has 110 valence electrons. The molecule has 0 spiro atoms. The SMILES string of the molecule is CC(C)(C)C(=O)NCCC(=O)NCC1(O)CCOC1. The van der Waals surface area contributed by atoms with Gasteiger partial charge in [0.2, 0.25) is 11.8 Å². The van der Waals surface area contributed by atoms with Crippen molar-refractivity contribution in [1.82, 2.24) is 10.6 Å². The van der Waals surface area contributed by atoms with Crippen molar-refractivity contribution in [2.45, 2.75) is 39.2 Å². The lowest BCUT2D eigenvalue weighted by molar-refractivity contribution is -0.128. The molecule has 1 rings (SSSR count). The van der Waals surface area contributed by atoms with E-state index in [-0.39, 0.29) is 31.4 Å². The molecule has 1 aliphatic heterocycles. The van der Waals surface area contributed by atoms with Crippen LogP contribution in [0.1, 0.15) is 33.6 Å². The van der Waals surface area contributed by atoms with Crippen molar-refractivity contribution in [3.05, 3.63) is 0 Å². The molecule has 0 aliphatic carbocycles. The van der Waals surface area contributed by atoms with Gasteiger partial charge in [-0.1, -0.05) is 20.8 Å². The van der Waals surface area contributed by atoms with Crippen LogP contribution in [0.4, 0.5) is 0 Å². The Balaban J connectivity index is 2.16. The molecule has 1 atom stereocenters. The van der Waals surface area contributed by atoms with Crippen LogP contribution in [0.3, 0.4) is 0 Å². The number of aliphatic hydroxyl groups is 1. The molecule has 1 unspecified atom stereocenters. The maximum absolute atomic E-state index is 11.6. The Bertz CT molecular complexity index is 330. The maximum Gasteiger partial charge on any atom is 0.225 e. The summed E-state index contributed by atoms with van der Waals surface area (Å²) in [4.78, 5) is 23.1. The first kappa shape index (κ1) is 15.9. The summed E-state index contributed by atoms with van der Waals surface area (Å²) in [5.41, 5.74) is -1.39. The van der Waals surface area contributed by atoms with Crippen molar-refractivity contribution in [1.29, 1.82) is 0 Å². The van der Waals surface area contributed by atoms with Crippen LogP contribution in [0.2, 0.25) is 0 Å². The Morgan fingerprint density at radius 3 is 2.53 bits per heavy atom. The molecule has 1 aliphatic rings. The van der Waals surface area contributed by atoms with Crippen LogP contribution in [0.25, 0.3) is 0 Å². The smallest absolute Gasteiger partial charge is 0.225 e. The van der Waals surface area contributed by atoms with E-state index in [1.54, 1.807) is 0 Å². The fourth-order valence-corrected chi connectivity index (χ4v) is 1.64. The van der Waals surface area contributed by atoms with E-state index in [0.29, 0.717) is 19.6 Å². The van der Waals surface area contributed by atoms with E-state index in [2.05, 4.69) is 10.6 Å². The number of rotatable bonds is 5. The summed E-state index contributed by atoms with van der Waals surface area (Å²) in [5, 5.41) is 15.3. The zero-order valence-electron chi connectivity index (χ0n) is 11.9. The molecule has 3 N–H and O–H groups in total. The quantitative estimate of drug-likeness (QED) is 0.647. The Morgan fingerprint density at radius 1 is 1.32 bits per heavy atom. The normalized spacial score (nSPS) is 23.2. The van der Waals surface area contributed by atoms with Gasteiger partial charge in [0.25, 0.3) is 0 Å². The van der Waals surface area contributed by atoms with Crippen LogP contribution in [-0.4, -0.2) is 48.8 Å². The summed E-state index contributed by atoms with van der Waals surface area (Å²) in [5.74, 6) is -0.266. The van der Waals surface area contributed by atoms with Crippen molar-refractivity contribution in [2.24, 2.45) is 5.41 Å². The first-order valence-electron chi connectivity index (χ1n) is 6.58. The average Bonchev–Trinajstić information content (AvgIpc) is 2.73. The largest absolute Gasteiger partial charge is 0.386 e. The predicted molar refractivity (Wildman–Crippen MR) is 70.5 cm³/mol. The van der Waals surface area contributed by atoms with Gasteiger partial charge in [0.05, 0.1) is 6.61 Å². The number of hydrogen-bond acceptors (Lipinski definition) is 4. The molecule has 0 saturated carbocycles. The molecular formula is C13H24N2O4. The zero-order chi connectivity index (χ0) is 14.5. The summed E-state index contributed by atoms with van der Waals surface area (Å²) in [6, 6.07) is 0. The zero-order valence-corrected chi connectivity index (χ0v) is 11.9. The van der Waals surface area contributed by atoms with Gasteiger partial charge in [0.15, 0.2) is 0 Å². The molecule has 2 amide bonds. The molecular weight excluding hydrogens is 248 g/mol. The molecule has 0 bridgehead atoms. The summed E-state index contributed by atoms with van der Waals surface area (Å²) in [6.45, 7) is 6.73. The van der Waals surface area contributed by atoms with Gasteiger partial charge in [-0.25, -0.2) is 0 Å². The van der Waals surface area contributed by atoms with Gasteiger partial charge in [0, 0.05) is 38.0 Å². The molecule has 1 fully saturated rings. The average molecular weight is 272 g/mol. The van der Waals surface area contributed by atoms with E-state index < -0.39 is 11.0 Å². The first-order valence-corrected chi connectivity index (χ1v) is 6.58. The van der Waals surface area contributed by atoms with E-state index in [1.165, 1.54) is 0 Å². The Hall–Kier alpha value is -1.14. The molecule has 0 aromatic rings. The van der Waals surface area contributed by atoms with Gasteiger partial charge in [-0.3, -0.25) is 9.59 Å². The summed E-state index contributed by atoms with van der Waals surface area (Å²) in [7, 11) is 0. The maximum atomic E-state index is 11.6. The minimum atomic E-state index is -0.940. The van der Waals surface area contributed by atoms with E-state index >= 15 is 0 Å². The minimum absolute atomic E-state index is 0.0804. The third-order valence-corrected chi connectivity index (χ3v) is 3.02. The second kappa shape index (κ2) is 6.34. The van der Waals surface area contributed by atoms with Gasteiger partial charge >= 0.3 is 0 Å². The first-order chi connectivity index (χ1) is 8.73. The van der Waals surface area contributed by atoms with Crippen molar-refractivity contribution in [3.63, 3.8) is 0 Å². The van der Waals surface area contributed by atoms with Gasteiger partial charge < -0.3 is 20.5 Å². The fraction of sp³-hybridized carbons (Fsp3) is 0.846. The topological polar surface area (TPSA) is 87.7 Å². The number of nitrogens with one attached hydrogen (secondary N) is 2. The Labute approximate surface area is 113 Å². The monoisotopic (exact) mass is 272 g/mol. The minimum Gasteiger partial charge on any atom is -0.386 e. The molecule has 0 radical (unpaired) electrons. The highest BCUT2D eigenvalue weighted by molar-refractivity contribution is 5.82. The highest BCUT2D eigenvalue weighted by atomic mass is 16.5. The summed E-state index contributed by atoms with van der Waals surface area (Å²) >= 11 is 0. The molecule has 1 saturated heterocycles. The molecule has 1 heterocycles. The molecule has 19 heavy (non-hydrogen) atoms. The number of carbonyl (C=O) groups excluding carboxylic acids is 2. The Kier molecular flexibility index (Phi) is 5.31. The van der Waals surface area contributed by atoms with Crippen molar-refractivity contribution in [2.75, 3.05) is 26.3 Å². The van der Waals surface area contributed by atoms with Crippen LogP contribution in [-0.2, 0) is 14.3 Å². The van der Waals surface area contributed by atoms with Gasteiger partial charge in [-0.05, 0) is 0 Å². The Morgan fingerprint density at radius 2 is 2.00 bits per heavy atom. The standard InChI is InChI=1S/C13H24N2O4/c1-12(2,3)11(17)14-6-4-10(16)15-8-13(18)5-7-19-9-13/h18H,4-9H2,1-3H3,(H,14,17)(H,15,16). The van der Waals surface area contributed by atoms with Crippen molar-refractivity contribution in [3.8, 4) is 0 Å². The van der Waals surface area contributed by atoms with E-state index in [4.69, 9.17) is 4.74 Å². The molecule has 6 heteroatoms. The van der Waals surface area contributed by atoms with Crippen LogP contribution < -0.4 is 10.6 Å². The highest BCUT2D eigenvalue weighted by Crippen LogP contribution is 2.16. The van der Waals surface area contributed by atoms with Crippen LogP contribution in [0.5, 0.6) is 0 Å². The predicted octanol–water partition coefficient (Wildman–Crippen LogP) is -0.194. The van der Waals surface area contributed by atoms with E-state index in [9.17, 15) is 14.7 Å². The van der Waals surface area contributed by atoms with Crippen molar-refractivity contribution >= 4 is 11.8 Å². The molecule has 0 aromatic heterocycles. The van der Waals surface area contributed by atoms with Gasteiger partial charge in [-0.15, -0.1) is 0 Å². The number of amides is 2. The van der Waals surface area contributed by atoms with E-state index in [1.807, 2.05) is 20.8 Å². The lowest BCUT2D eigenvalue weighted by atomic mass is 9.96. The molecule has 0 aromatic carbocycles. The van der Waals surface area contributed by atoms with Gasteiger partial charge in [0.1, 0.15) is 5.60 Å².